The summed E-state index contributed by atoms with van der Waals surface area (Å²) in [6, 6.07) is 12.3. The lowest BCUT2D eigenvalue weighted by atomic mass is 9.76. The number of fused-ring (bicyclic) bond motifs is 1. The second kappa shape index (κ2) is 11.6. The molecule has 3 amide bonds. The van der Waals surface area contributed by atoms with Gasteiger partial charge in [-0.1, -0.05) is 26.8 Å². The molecule has 1 N–H and O–H groups in total. The standard InChI is InChI=1S/C29H32N2O7/c1-17(2)15-37-28(35)19-8-10-21(11-9-19)30-25(32)16-38-29(36)20-5-4-6-22(14-20)31-26(33)23-12-7-18(3)13-24(23)27(31)34/h4-6,8-11,14,17-18,23-24H,7,12-13,15-16H2,1-3H3,(H,30,32)/t18-,23-,24+/m1/s1. The van der Waals surface area contributed by atoms with Crippen molar-refractivity contribution in [3.05, 3.63) is 59.7 Å². The van der Waals surface area contributed by atoms with E-state index in [2.05, 4.69) is 12.2 Å². The highest BCUT2D eigenvalue weighted by Crippen LogP contribution is 2.42. The molecule has 1 heterocycles. The summed E-state index contributed by atoms with van der Waals surface area (Å²) >= 11 is 0. The average Bonchev–Trinajstić information content (AvgIpc) is 3.15. The summed E-state index contributed by atoms with van der Waals surface area (Å²) in [7, 11) is 0. The lowest BCUT2D eigenvalue weighted by Crippen LogP contribution is -2.31. The van der Waals surface area contributed by atoms with Crippen LogP contribution in [0.15, 0.2) is 48.5 Å². The molecule has 1 saturated heterocycles. The van der Waals surface area contributed by atoms with Crippen LogP contribution in [0.3, 0.4) is 0 Å². The monoisotopic (exact) mass is 520 g/mol. The van der Waals surface area contributed by atoms with Gasteiger partial charge in [0.25, 0.3) is 5.91 Å². The molecule has 2 fully saturated rings. The number of nitrogens with one attached hydrogen (secondary N) is 1. The number of amides is 3. The summed E-state index contributed by atoms with van der Waals surface area (Å²) in [6.45, 7) is 5.75. The molecule has 0 aromatic heterocycles. The zero-order valence-corrected chi connectivity index (χ0v) is 21.8. The Morgan fingerprint density at radius 2 is 1.61 bits per heavy atom. The van der Waals surface area contributed by atoms with Crippen molar-refractivity contribution in [1.29, 1.82) is 0 Å². The number of esters is 2. The van der Waals surface area contributed by atoms with E-state index in [1.807, 2.05) is 13.8 Å². The van der Waals surface area contributed by atoms with Gasteiger partial charge in [0.2, 0.25) is 11.8 Å². The zero-order valence-electron chi connectivity index (χ0n) is 21.8. The number of hydrogen-bond acceptors (Lipinski definition) is 7. The Balaban J connectivity index is 1.32. The molecule has 9 nitrogen and oxygen atoms in total. The van der Waals surface area contributed by atoms with Crippen LogP contribution >= 0.6 is 0 Å². The van der Waals surface area contributed by atoms with Gasteiger partial charge >= 0.3 is 11.9 Å². The van der Waals surface area contributed by atoms with Gasteiger partial charge < -0.3 is 14.8 Å². The SMILES string of the molecule is CC(C)COC(=O)c1ccc(NC(=O)COC(=O)c2cccc(N3C(=O)[C@H]4C[C@H](C)CC[C@H]4C3=O)c2)cc1. The lowest BCUT2D eigenvalue weighted by molar-refractivity contribution is -0.122. The summed E-state index contributed by atoms with van der Waals surface area (Å²) in [5.74, 6) is -2.22. The Kier molecular flexibility index (Phi) is 8.24. The van der Waals surface area contributed by atoms with E-state index in [0.717, 1.165) is 6.42 Å². The maximum absolute atomic E-state index is 13.0. The molecule has 4 rings (SSSR count). The van der Waals surface area contributed by atoms with Gasteiger partial charge in [0, 0.05) is 5.69 Å². The van der Waals surface area contributed by atoms with Crippen molar-refractivity contribution in [3.63, 3.8) is 0 Å². The van der Waals surface area contributed by atoms with Gasteiger partial charge in [-0.2, -0.15) is 0 Å². The van der Waals surface area contributed by atoms with E-state index in [9.17, 15) is 24.0 Å². The quantitative estimate of drug-likeness (QED) is 0.409. The Hall–Kier alpha value is -4.01. The van der Waals surface area contributed by atoms with Gasteiger partial charge in [-0.3, -0.25) is 19.3 Å². The number of rotatable bonds is 8. The highest BCUT2D eigenvalue weighted by molar-refractivity contribution is 6.22. The van der Waals surface area contributed by atoms with Crippen LogP contribution in [0.1, 0.15) is 60.7 Å². The second-order valence-electron chi connectivity index (χ2n) is 10.4. The molecule has 0 unspecified atom stereocenters. The van der Waals surface area contributed by atoms with Gasteiger partial charge in [-0.15, -0.1) is 0 Å². The topological polar surface area (TPSA) is 119 Å². The first-order valence-electron chi connectivity index (χ1n) is 12.9. The number of hydrogen-bond donors (Lipinski definition) is 1. The van der Waals surface area contributed by atoms with Crippen molar-refractivity contribution in [2.45, 2.75) is 40.0 Å². The van der Waals surface area contributed by atoms with E-state index < -0.39 is 24.5 Å². The first-order valence-corrected chi connectivity index (χ1v) is 12.9. The normalized spacial score (nSPS) is 20.7. The van der Waals surface area contributed by atoms with Gasteiger partial charge in [-0.25, -0.2) is 9.59 Å². The molecule has 1 saturated carbocycles. The summed E-state index contributed by atoms with van der Waals surface area (Å²) < 4.78 is 10.3. The molecule has 9 heteroatoms. The third-order valence-corrected chi connectivity index (χ3v) is 6.81. The average molecular weight is 521 g/mol. The second-order valence-corrected chi connectivity index (χ2v) is 10.4. The fraction of sp³-hybridized carbons (Fsp3) is 0.414. The molecule has 38 heavy (non-hydrogen) atoms. The highest BCUT2D eigenvalue weighted by Gasteiger charge is 2.50. The van der Waals surface area contributed by atoms with Gasteiger partial charge in [0.05, 0.1) is 35.3 Å². The van der Waals surface area contributed by atoms with Crippen molar-refractivity contribution in [2.24, 2.45) is 23.7 Å². The Morgan fingerprint density at radius 3 is 2.32 bits per heavy atom. The Labute approximate surface area is 221 Å². The molecule has 0 spiro atoms. The fourth-order valence-corrected chi connectivity index (χ4v) is 4.84. The summed E-state index contributed by atoms with van der Waals surface area (Å²) in [4.78, 5) is 64.1. The summed E-state index contributed by atoms with van der Waals surface area (Å²) in [5.41, 5.74) is 1.24. The Bertz CT molecular complexity index is 1240. The summed E-state index contributed by atoms with van der Waals surface area (Å²) in [5, 5.41) is 2.60. The molecule has 1 aliphatic heterocycles. The largest absolute Gasteiger partial charge is 0.462 e. The van der Waals surface area contributed by atoms with Crippen LogP contribution in [0.2, 0.25) is 0 Å². The predicted molar refractivity (Wildman–Crippen MR) is 139 cm³/mol. The first kappa shape index (κ1) is 27.0. The number of nitrogens with zero attached hydrogens (tertiary/aromatic N) is 1. The third kappa shape index (κ3) is 6.10. The van der Waals surface area contributed by atoms with E-state index in [0.29, 0.717) is 42.3 Å². The van der Waals surface area contributed by atoms with Crippen molar-refractivity contribution >= 4 is 41.0 Å². The zero-order chi connectivity index (χ0) is 27.4. The van der Waals surface area contributed by atoms with Crippen LogP contribution in [0.25, 0.3) is 0 Å². The van der Waals surface area contributed by atoms with Gasteiger partial charge in [0.15, 0.2) is 6.61 Å². The number of benzene rings is 2. The molecule has 0 radical (unpaired) electrons. The van der Waals surface area contributed by atoms with E-state index in [1.165, 1.54) is 29.2 Å². The fourth-order valence-electron chi connectivity index (χ4n) is 4.84. The Morgan fingerprint density at radius 1 is 0.921 bits per heavy atom. The maximum Gasteiger partial charge on any atom is 0.338 e. The third-order valence-electron chi connectivity index (χ3n) is 6.81. The number of anilines is 2. The van der Waals surface area contributed by atoms with Gasteiger partial charge in [-0.05, 0) is 73.6 Å². The van der Waals surface area contributed by atoms with Crippen LogP contribution in [0, 0.1) is 23.7 Å². The highest BCUT2D eigenvalue weighted by atomic mass is 16.5. The lowest BCUT2D eigenvalue weighted by Gasteiger charge is -2.25. The van der Waals surface area contributed by atoms with Crippen molar-refractivity contribution in [2.75, 3.05) is 23.4 Å². The molecule has 0 bridgehead atoms. The van der Waals surface area contributed by atoms with Crippen LogP contribution < -0.4 is 10.2 Å². The van der Waals surface area contributed by atoms with Crippen LogP contribution in [-0.2, 0) is 23.9 Å². The van der Waals surface area contributed by atoms with Crippen molar-refractivity contribution < 1.29 is 33.4 Å². The minimum atomic E-state index is -0.754. The minimum absolute atomic E-state index is 0.128. The predicted octanol–water partition coefficient (Wildman–Crippen LogP) is 4.22. The summed E-state index contributed by atoms with van der Waals surface area (Å²) in [6.07, 6.45) is 2.29. The number of carbonyl (C=O) groups excluding carboxylic acids is 5. The molecule has 3 atom stereocenters. The molecule has 1 aliphatic carbocycles. The van der Waals surface area contributed by atoms with E-state index in [-0.39, 0.29) is 35.1 Å². The van der Waals surface area contributed by atoms with Crippen LogP contribution in [-0.4, -0.2) is 42.9 Å². The number of ether oxygens (including phenoxy) is 2. The molecule has 2 aromatic rings. The number of carbonyl (C=O) groups is 5. The smallest absolute Gasteiger partial charge is 0.338 e. The van der Waals surface area contributed by atoms with E-state index in [1.54, 1.807) is 24.3 Å². The molecule has 2 aromatic carbocycles. The van der Waals surface area contributed by atoms with E-state index >= 15 is 0 Å². The molecule has 200 valence electrons. The first-order chi connectivity index (χ1) is 18.1. The number of imide groups is 1. The molecular weight excluding hydrogens is 488 g/mol. The van der Waals surface area contributed by atoms with E-state index in [4.69, 9.17) is 9.47 Å². The molecule has 2 aliphatic rings. The van der Waals surface area contributed by atoms with Crippen molar-refractivity contribution in [3.8, 4) is 0 Å². The minimum Gasteiger partial charge on any atom is -0.462 e. The maximum atomic E-state index is 13.0. The van der Waals surface area contributed by atoms with Crippen LogP contribution in [0.5, 0.6) is 0 Å². The molecular formula is C29H32N2O7. The van der Waals surface area contributed by atoms with Crippen molar-refractivity contribution in [1.82, 2.24) is 0 Å². The van der Waals surface area contributed by atoms with Gasteiger partial charge in [0.1, 0.15) is 0 Å². The van der Waals surface area contributed by atoms with Crippen LogP contribution in [0.4, 0.5) is 11.4 Å².